The summed E-state index contributed by atoms with van der Waals surface area (Å²) < 4.78 is 10.7. The van der Waals surface area contributed by atoms with Crippen LogP contribution in [0.3, 0.4) is 0 Å². The maximum atomic E-state index is 11.8. The Morgan fingerprint density at radius 1 is 1.11 bits per heavy atom. The molecule has 0 heterocycles. The minimum absolute atomic E-state index is 0.138. The Morgan fingerprint density at radius 2 is 1.85 bits per heavy atom. The van der Waals surface area contributed by atoms with Crippen LogP contribution >= 0.6 is 0 Å². The fourth-order valence-corrected chi connectivity index (χ4v) is 2.67. The van der Waals surface area contributed by atoms with Gasteiger partial charge in [-0.2, -0.15) is 0 Å². The number of hydrogen-bond donors (Lipinski definition) is 1. The first kappa shape index (κ1) is 18.7. The van der Waals surface area contributed by atoms with E-state index < -0.39 is 5.97 Å². The molecule has 1 aliphatic rings. The highest BCUT2D eigenvalue weighted by molar-refractivity contribution is 5.89. The van der Waals surface area contributed by atoms with Gasteiger partial charge in [0.15, 0.2) is 6.61 Å². The zero-order chi connectivity index (χ0) is 19.1. The van der Waals surface area contributed by atoms with E-state index in [1.54, 1.807) is 6.08 Å². The van der Waals surface area contributed by atoms with E-state index in [2.05, 4.69) is 5.32 Å². The monoisotopic (exact) mass is 365 g/mol. The highest BCUT2D eigenvalue weighted by atomic mass is 16.5. The summed E-state index contributed by atoms with van der Waals surface area (Å²) in [6, 6.07) is 17.0. The molecule has 27 heavy (non-hydrogen) atoms. The average molecular weight is 365 g/mol. The van der Waals surface area contributed by atoms with E-state index in [4.69, 9.17) is 9.47 Å². The summed E-state index contributed by atoms with van der Waals surface area (Å²) in [7, 11) is 0. The largest absolute Gasteiger partial charge is 0.457 e. The number of para-hydroxylation sites is 1. The predicted octanol–water partition coefficient (Wildman–Crippen LogP) is 3.95. The Kier molecular flexibility index (Phi) is 6.26. The van der Waals surface area contributed by atoms with Gasteiger partial charge in [0.2, 0.25) is 0 Å². The lowest BCUT2D eigenvalue weighted by Gasteiger charge is -2.12. The molecule has 0 saturated heterocycles. The lowest BCUT2D eigenvalue weighted by Crippen LogP contribution is -2.36. The molecule has 1 atom stereocenters. The van der Waals surface area contributed by atoms with E-state index in [1.807, 2.05) is 61.5 Å². The molecule has 1 N–H and O–H groups in total. The van der Waals surface area contributed by atoms with Crippen molar-refractivity contribution < 1.29 is 19.1 Å². The lowest BCUT2D eigenvalue weighted by atomic mass is 10.2. The zero-order valence-electron chi connectivity index (χ0n) is 15.3. The minimum Gasteiger partial charge on any atom is -0.457 e. The molecule has 0 radical (unpaired) electrons. The molecule has 0 aromatic heterocycles. The Morgan fingerprint density at radius 3 is 2.59 bits per heavy atom. The molecule has 1 amide bonds. The topological polar surface area (TPSA) is 64.6 Å². The number of amides is 1. The Balaban J connectivity index is 1.47. The SMILES string of the molecule is C[C@@H](NC(=O)COC(=O)/C=C/c1cccc(Oc2ccccc2)c1)C1CC1. The molecule has 1 fully saturated rings. The first-order chi connectivity index (χ1) is 13.1. The van der Waals surface area contributed by atoms with Crippen molar-refractivity contribution in [3.05, 3.63) is 66.2 Å². The molecule has 5 heteroatoms. The van der Waals surface area contributed by atoms with Gasteiger partial charge in [0, 0.05) is 12.1 Å². The zero-order valence-corrected chi connectivity index (χ0v) is 15.3. The number of carbonyl (C=O) groups excluding carboxylic acids is 2. The van der Waals surface area contributed by atoms with Crippen molar-refractivity contribution in [2.45, 2.75) is 25.8 Å². The van der Waals surface area contributed by atoms with E-state index in [0.717, 1.165) is 24.2 Å². The Hall–Kier alpha value is -3.08. The summed E-state index contributed by atoms with van der Waals surface area (Å²) in [6.45, 7) is 1.71. The van der Waals surface area contributed by atoms with Crippen LogP contribution in [0.5, 0.6) is 11.5 Å². The molecule has 140 valence electrons. The van der Waals surface area contributed by atoms with Crippen LogP contribution in [0.25, 0.3) is 6.08 Å². The van der Waals surface area contributed by atoms with Gasteiger partial charge in [-0.1, -0.05) is 30.3 Å². The minimum atomic E-state index is -0.557. The highest BCUT2D eigenvalue weighted by Crippen LogP contribution is 2.32. The molecule has 1 aliphatic carbocycles. The molecule has 0 unspecified atom stereocenters. The number of esters is 1. The number of hydrogen-bond acceptors (Lipinski definition) is 4. The fraction of sp³-hybridized carbons (Fsp3) is 0.273. The van der Waals surface area contributed by atoms with Crippen LogP contribution in [0, 0.1) is 5.92 Å². The van der Waals surface area contributed by atoms with Crippen LogP contribution in [0.2, 0.25) is 0 Å². The first-order valence-electron chi connectivity index (χ1n) is 9.07. The van der Waals surface area contributed by atoms with Gasteiger partial charge in [0.1, 0.15) is 11.5 Å². The molecular formula is C22H23NO4. The van der Waals surface area contributed by atoms with Crippen LogP contribution in [0.15, 0.2) is 60.7 Å². The number of carbonyl (C=O) groups is 2. The second kappa shape index (κ2) is 9.03. The molecule has 1 saturated carbocycles. The maximum absolute atomic E-state index is 11.8. The van der Waals surface area contributed by atoms with E-state index >= 15 is 0 Å². The van der Waals surface area contributed by atoms with Gasteiger partial charge >= 0.3 is 5.97 Å². The predicted molar refractivity (Wildman–Crippen MR) is 103 cm³/mol. The number of benzene rings is 2. The highest BCUT2D eigenvalue weighted by Gasteiger charge is 2.28. The van der Waals surface area contributed by atoms with Crippen molar-refractivity contribution in [3.8, 4) is 11.5 Å². The summed E-state index contributed by atoms with van der Waals surface area (Å²) >= 11 is 0. The van der Waals surface area contributed by atoms with E-state index in [9.17, 15) is 9.59 Å². The summed E-state index contributed by atoms with van der Waals surface area (Å²) in [5.41, 5.74) is 0.798. The van der Waals surface area contributed by atoms with E-state index in [-0.39, 0.29) is 18.6 Å². The van der Waals surface area contributed by atoms with Crippen molar-refractivity contribution in [2.24, 2.45) is 5.92 Å². The van der Waals surface area contributed by atoms with Crippen molar-refractivity contribution in [3.63, 3.8) is 0 Å². The first-order valence-corrected chi connectivity index (χ1v) is 9.07. The van der Waals surface area contributed by atoms with Crippen molar-refractivity contribution in [1.82, 2.24) is 5.32 Å². The molecular weight excluding hydrogens is 342 g/mol. The fourth-order valence-electron chi connectivity index (χ4n) is 2.67. The van der Waals surface area contributed by atoms with Crippen LogP contribution < -0.4 is 10.1 Å². The molecule has 3 rings (SSSR count). The third-order valence-corrected chi connectivity index (χ3v) is 4.31. The van der Waals surface area contributed by atoms with Crippen LogP contribution in [0.4, 0.5) is 0 Å². The third kappa shape index (κ3) is 6.29. The normalized spacial score (nSPS) is 14.6. The van der Waals surface area contributed by atoms with Gasteiger partial charge in [-0.25, -0.2) is 4.79 Å². The standard InChI is InChI=1S/C22H23NO4/c1-16(18-11-12-18)23-21(24)15-26-22(25)13-10-17-6-5-9-20(14-17)27-19-7-3-2-4-8-19/h2-10,13-14,16,18H,11-12,15H2,1H3,(H,23,24)/b13-10+/t16-/m1/s1. The maximum Gasteiger partial charge on any atom is 0.331 e. The van der Waals surface area contributed by atoms with Crippen LogP contribution in [0.1, 0.15) is 25.3 Å². The van der Waals surface area contributed by atoms with Crippen LogP contribution in [-0.4, -0.2) is 24.5 Å². The van der Waals surface area contributed by atoms with Gasteiger partial charge < -0.3 is 14.8 Å². The third-order valence-electron chi connectivity index (χ3n) is 4.31. The second-order valence-corrected chi connectivity index (χ2v) is 6.62. The number of ether oxygens (including phenoxy) is 2. The summed E-state index contributed by atoms with van der Waals surface area (Å²) in [6.07, 6.45) is 5.23. The summed E-state index contributed by atoms with van der Waals surface area (Å²) in [5, 5.41) is 2.84. The quantitative estimate of drug-likeness (QED) is 0.568. The second-order valence-electron chi connectivity index (χ2n) is 6.62. The smallest absolute Gasteiger partial charge is 0.331 e. The van der Waals surface area contributed by atoms with Gasteiger partial charge in [-0.3, -0.25) is 4.79 Å². The van der Waals surface area contributed by atoms with Crippen molar-refractivity contribution in [2.75, 3.05) is 6.61 Å². The lowest BCUT2D eigenvalue weighted by molar-refractivity contribution is -0.144. The molecule has 2 aromatic carbocycles. The number of rotatable bonds is 8. The van der Waals surface area contributed by atoms with Gasteiger partial charge in [-0.05, 0) is 61.6 Å². The average Bonchev–Trinajstić information content (AvgIpc) is 3.51. The molecule has 0 spiro atoms. The molecule has 0 aliphatic heterocycles. The van der Waals surface area contributed by atoms with Gasteiger partial charge in [-0.15, -0.1) is 0 Å². The molecule has 0 bridgehead atoms. The van der Waals surface area contributed by atoms with Crippen LogP contribution in [-0.2, 0) is 14.3 Å². The Bertz CT molecular complexity index is 812. The summed E-state index contributed by atoms with van der Waals surface area (Å²) in [5.74, 6) is 1.15. The Labute approximate surface area is 159 Å². The van der Waals surface area contributed by atoms with Crippen molar-refractivity contribution >= 4 is 18.0 Å². The van der Waals surface area contributed by atoms with E-state index in [0.29, 0.717) is 11.7 Å². The van der Waals surface area contributed by atoms with Gasteiger partial charge in [0.05, 0.1) is 0 Å². The summed E-state index contributed by atoms with van der Waals surface area (Å²) in [4.78, 5) is 23.6. The van der Waals surface area contributed by atoms with Gasteiger partial charge in [0.25, 0.3) is 5.91 Å². The molecule has 5 nitrogen and oxygen atoms in total. The molecule has 2 aromatic rings. The number of nitrogens with one attached hydrogen (secondary N) is 1. The van der Waals surface area contributed by atoms with Crippen molar-refractivity contribution in [1.29, 1.82) is 0 Å². The van der Waals surface area contributed by atoms with E-state index in [1.165, 1.54) is 6.08 Å².